The quantitative estimate of drug-likeness (QED) is 0.698. The average molecular weight is 395 g/mol. The zero-order valence-corrected chi connectivity index (χ0v) is 15.9. The Kier molecular flexibility index (Phi) is 4.59. The fourth-order valence-electron chi connectivity index (χ4n) is 4.18. The van der Waals surface area contributed by atoms with Crippen LogP contribution in [0.15, 0.2) is 30.5 Å². The maximum Gasteiger partial charge on any atom is 0.257 e. The molecule has 0 bridgehead atoms. The van der Waals surface area contributed by atoms with Gasteiger partial charge in [-0.1, -0.05) is 18.2 Å². The molecule has 1 saturated heterocycles. The summed E-state index contributed by atoms with van der Waals surface area (Å²) in [6.45, 7) is 3.35. The van der Waals surface area contributed by atoms with Crippen molar-refractivity contribution in [3.8, 4) is 0 Å². The van der Waals surface area contributed by atoms with E-state index in [1.165, 1.54) is 6.07 Å². The van der Waals surface area contributed by atoms with Crippen LogP contribution in [0.4, 0.5) is 4.39 Å². The predicted molar refractivity (Wildman–Crippen MR) is 103 cm³/mol. The third-order valence-electron chi connectivity index (χ3n) is 5.79. The van der Waals surface area contributed by atoms with Crippen LogP contribution in [0.25, 0.3) is 0 Å². The molecule has 1 fully saturated rings. The number of hydrogen-bond acceptors (Lipinski definition) is 5. The van der Waals surface area contributed by atoms with Crippen molar-refractivity contribution in [2.75, 3.05) is 19.6 Å². The van der Waals surface area contributed by atoms with Crippen LogP contribution >= 0.6 is 0 Å². The number of carbonyl (C=O) groups is 1. The van der Waals surface area contributed by atoms with Gasteiger partial charge in [0.05, 0.1) is 24.0 Å². The SMILES string of the molecule is O=C(c1cn[nH]c1C1CCNC1)N1CCn2c(Cc3ccccc3F)nnc2C1. The molecule has 0 radical (unpaired) electrons. The molecule has 0 spiro atoms. The lowest BCUT2D eigenvalue weighted by molar-refractivity contribution is 0.0705. The smallest absolute Gasteiger partial charge is 0.257 e. The molecule has 29 heavy (non-hydrogen) atoms. The molecule has 5 rings (SSSR count). The topological polar surface area (TPSA) is 91.7 Å². The van der Waals surface area contributed by atoms with Crippen molar-refractivity contribution >= 4 is 5.91 Å². The van der Waals surface area contributed by atoms with Gasteiger partial charge in [-0.2, -0.15) is 5.10 Å². The van der Waals surface area contributed by atoms with Crippen LogP contribution in [0.2, 0.25) is 0 Å². The Morgan fingerprint density at radius 3 is 2.97 bits per heavy atom. The lowest BCUT2D eigenvalue weighted by Gasteiger charge is -2.28. The van der Waals surface area contributed by atoms with Gasteiger partial charge in [-0.3, -0.25) is 9.89 Å². The van der Waals surface area contributed by atoms with Crippen molar-refractivity contribution in [2.24, 2.45) is 0 Å². The highest BCUT2D eigenvalue weighted by molar-refractivity contribution is 5.95. The van der Waals surface area contributed by atoms with E-state index < -0.39 is 0 Å². The zero-order valence-electron chi connectivity index (χ0n) is 15.9. The minimum atomic E-state index is -0.244. The number of halogens is 1. The van der Waals surface area contributed by atoms with E-state index in [1.54, 1.807) is 23.2 Å². The first kappa shape index (κ1) is 18.0. The van der Waals surface area contributed by atoms with Gasteiger partial charge in [0.1, 0.15) is 11.6 Å². The van der Waals surface area contributed by atoms with Gasteiger partial charge in [0, 0.05) is 32.0 Å². The van der Waals surface area contributed by atoms with Gasteiger partial charge in [0.25, 0.3) is 5.91 Å². The molecule has 0 saturated carbocycles. The molecule has 0 aliphatic carbocycles. The monoisotopic (exact) mass is 395 g/mol. The highest BCUT2D eigenvalue weighted by atomic mass is 19.1. The van der Waals surface area contributed by atoms with Crippen molar-refractivity contribution in [3.63, 3.8) is 0 Å². The molecule has 2 aromatic heterocycles. The largest absolute Gasteiger partial charge is 0.329 e. The van der Waals surface area contributed by atoms with Gasteiger partial charge in [0.15, 0.2) is 5.82 Å². The van der Waals surface area contributed by atoms with Gasteiger partial charge in [-0.15, -0.1) is 10.2 Å². The maximum atomic E-state index is 14.0. The minimum absolute atomic E-state index is 0.0365. The van der Waals surface area contributed by atoms with E-state index in [9.17, 15) is 9.18 Å². The number of benzene rings is 1. The van der Waals surface area contributed by atoms with Crippen LogP contribution in [-0.4, -0.2) is 55.4 Å². The highest BCUT2D eigenvalue weighted by Crippen LogP contribution is 2.25. The Balaban J connectivity index is 1.33. The fraction of sp³-hybridized carbons (Fsp3) is 0.400. The molecule has 150 valence electrons. The third-order valence-corrected chi connectivity index (χ3v) is 5.79. The first-order valence-electron chi connectivity index (χ1n) is 9.88. The molecule has 8 nitrogen and oxygen atoms in total. The van der Waals surface area contributed by atoms with E-state index in [-0.39, 0.29) is 17.6 Å². The van der Waals surface area contributed by atoms with Crippen molar-refractivity contribution in [2.45, 2.75) is 31.8 Å². The second-order valence-electron chi connectivity index (χ2n) is 7.57. The summed E-state index contributed by atoms with van der Waals surface area (Å²) in [7, 11) is 0. The molecule has 1 unspecified atom stereocenters. The molecule has 2 aliphatic rings. The summed E-state index contributed by atoms with van der Waals surface area (Å²) in [4.78, 5) is 14.9. The molecule has 9 heteroatoms. The second kappa shape index (κ2) is 7.40. The highest BCUT2D eigenvalue weighted by Gasteiger charge is 2.30. The number of rotatable bonds is 4. The van der Waals surface area contributed by atoms with Crippen molar-refractivity contribution < 1.29 is 9.18 Å². The van der Waals surface area contributed by atoms with Gasteiger partial charge in [0.2, 0.25) is 0 Å². The number of hydrogen-bond donors (Lipinski definition) is 2. The Morgan fingerprint density at radius 2 is 2.14 bits per heavy atom. The van der Waals surface area contributed by atoms with Gasteiger partial charge < -0.3 is 14.8 Å². The normalized spacial score (nSPS) is 18.8. The molecule has 1 atom stereocenters. The third kappa shape index (κ3) is 3.31. The second-order valence-corrected chi connectivity index (χ2v) is 7.57. The van der Waals surface area contributed by atoms with Crippen LogP contribution < -0.4 is 5.32 Å². The summed E-state index contributed by atoms with van der Waals surface area (Å²) in [5.41, 5.74) is 2.14. The summed E-state index contributed by atoms with van der Waals surface area (Å²) in [5, 5.41) is 19.0. The van der Waals surface area contributed by atoms with E-state index in [1.807, 2.05) is 10.6 Å². The lowest BCUT2D eigenvalue weighted by Crippen LogP contribution is -2.39. The number of nitrogens with one attached hydrogen (secondary N) is 2. The van der Waals surface area contributed by atoms with Gasteiger partial charge in [-0.25, -0.2) is 4.39 Å². The van der Waals surface area contributed by atoms with E-state index >= 15 is 0 Å². The van der Waals surface area contributed by atoms with Crippen LogP contribution in [0.1, 0.15) is 45.6 Å². The van der Waals surface area contributed by atoms with Crippen molar-refractivity contribution in [3.05, 3.63) is 64.7 Å². The Labute approximate surface area is 167 Å². The molecule has 4 heterocycles. The summed E-state index contributed by atoms with van der Waals surface area (Å²) in [6.07, 6.45) is 3.00. The van der Waals surface area contributed by atoms with Gasteiger partial charge in [-0.05, 0) is 24.6 Å². The number of amides is 1. The summed E-state index contributed by atoms with van der Waals surface area (Å²) in [6, 6.07) is 6.70. The Morgan fingerprint density at radius 1 is 1.24 bits per heavy atom. The molecule has 1 aromatic carbocycles. The maximum absolute atomic E-state index is 14.0. The summed E-state index contributed by atoms with van der Waals surface area (Å²) in [5.74, 6) is 1.45. The number of aromatic amines is 1. The van der Waals surface area contributed by atoms with Crippen molar-refractivity contribution in [1.82, 2.24) is 35.2 Å². The standard InChI is InChI=1S/C20H22FN7O/c21-16-4-2-1-3-13(16)9-17-24-25-18-12-27(7-8-28(17)18)20(29)15-11-23-26-19(15)14-5-6-22-10-14/h1-4,11,14,22H,5-10,12H2,(H,23,26). The summed E-state index contributed by atoms with van der Waals surface area (Å²) < 4.78 is 16.0. The minimum Gasteiger partial charge on any atom is -0.329 e. The molecule has 2 aliphatic heterocycles. The number of aromatic nitrogens is 5. The first-order chi connectivity index (χ1) is 14.2. The Bertz CT molecular complexity index is 1040. The van der Waals surface area contributed by atoms with Crippen LogP contribution in [0.3, 0.4) is 0 Å². The molecule has 2 N–H and O–H groups in total. The molecular formula is C20H22FN7O. The van der Waals surface area contributed by atoms with E-state index in [4.69, 9.17) is 0 Å². The van der Waals surface area contributed by atoms with Crippen molar-refractivity contribution in [1.29, 1.82) is 0 Å². The number of carbonyl (C=O) groups excluding carboxylic acids is 1. The predicted octanol–water partition coefficient (Wildman–Crippen LogP) is 1.46. The van der Waals surface area contributed by atoms with Crippen LogP contribution in [0, 0.1) is 5.82 Å². The molecular weight excluding hydrogens is 373 g/mol. The number of H-pyrrole nitrogens is 1. The van der Waals surface area contributed by atoms with E-state index in [0.717, 1.165) is 36.9 Å². The van der Waals surface area contributed by atoms with Crippen LogP contribution in [0.5, 0.6) is 0 Å². The van der Waals surface area contributed by atoms with Crippen LogP contribution in [-0.2, 0) is 19.5 Å². The first-order valence-corrected chi connectivity index (χ1v) is 9.88. The number of fused-ring (bicyclic) bond motifs is 1. The van der Waals surface area contributed by atoms with Gasteiger partial charge >= 0.3 is 0 Å². The fourth-order valence-corrected chi connectivity index (χ4v) is 4.18. The Hall–Kier alpha value is -3.07. The zero-order chi connectivity index (χ0) is 19.8. The molecule has 1 amide bonds. The average Bonchev–Trinajstić information content (AvgIpc) is 3.49. The lowest BCUT2D eigenvalue weighted by atomic mass is 10.0. The van der Waals surface area contributed by atoms with E-state index in [2.05, 4.69) is 25.7 Å². The number of nitrogens with zero attached hydrogens (tertiary/aromatic N) is 5. The summed E-state index contributed by atoms with van der Waals surface area (Å²) >= 11 is 0. The molecule has 3 aromatic rings. The van der Waals surface area contributed by atoms with E-state index in [0.29, 0.717) is 37.2 Å².